The van der Waals surface area contributed by atoms with Crippen molar-refractivity contribution in [2.45, 2.75) is 6.10 Å². The minimum atomic E-state index is -1.29. The van der Waals surface area contributed by atoms with Crippen LogP contribution in [0.1, 0.15) is 17.2 Å². The summed E-state index contributed by atoms with van der Waals surface area (Å²) >= 11 is 12.0. The maximum atomic E-state index is 13.8. The molecule has 0 amide bonds. The topological polar surface area (TPSA) is 20.2 Å². The summed E-state index contributed by atoms with van der Waals surface area (Å²) in [5.74, 6) is -1.53. The normalized spacial score (nSPS) is 12.5. The fourth-order valence-electron chi connectivity index (χ4n) is 1.64. The van der Waals surface area contributed by atoms with E-state index in [4.69, 9.17) is 11.6 Å². The van der Waals surface area contributed by atoms with Gasteiger partial charge in [0.05, 0.1) is 5.02 Å². The van der Waals surface area contributed by atoms with Crippen LogP contribution < -0.4 is 0 Å². The second-order valence-electron chi connectivity index (χ2n) is 3.86. The van der Waals surface area contributed by atoms with Gasteiger partial charge in [-0.3, -0.25) is 0 Å². The van der Waals surface area contributed by atoms with Gasteiger partial charge in [-0.25, -0.2) is 8.78 Å². The van der Waals surface area contributed by atoms with Crippen molar-refractivity contribution in [2.24, 2.45) is 0 Å². The van der Waals surface area contributed by atoms with E-state index in [9.17, 15) is 13.9 Å². The molecule has 0 aliphatic heterocycles. The molecule has 0 bridgehead atoms. The van der Waals surface area contributed by atoms with E-state index in [2.05, 4.69) is 31.9 Å². The van der Waals surface area contributed by atoms with Gasteiger partial charge in [0.1, 0.15) is 17.7 Å². The van der Waals surface area contributed by atoms with Crippen molar-refractivity contribution in [2.75, 3.05) is 0 Å². The van der Waals surface area contributed by atoms with E-state index in [-0.39, 0.29) is 10.6 Å². The monoisotopic (exact) mass is 410 g/mol. The van der Waals surface area contributed by atoms with Crippen molar-refractivity contribution in [1.82, 2.24) is 0 Å². The van der Waals surface area contributed by atoms with Gasteiger partial charge < -0.3 is 5.11 Å². The number of rotatable bonds is 2. The Morgan fingerprint density at radius 3 is 2.37 bits per heavy atom. The molecule has 0 aromatic heterocycles. The van der Waals surface area contributed by atoms with Gasteiger partial charge in [0.2, 0.25) is 0 Å². The van der Waals surface area contributed by atoms with Gasteiger partial charge in [0.25, 0.3) is 0 Å². The standard InChI is InChI=1S/C13H7Br2ClF2O/c14-6-1-2-9(15)7(3-6)13(19)8-4-12(18)10(16)5-11(8)17/h1-5,13,19H. The molecule has 0 spiro atoms. The summed E-state index contributed by atoms with van der Waals surface area (Å²) in [6.07, 6.45) is -1.29. The summed E-state index contributed by atoms with van der Waals surface area (Å²) in [7, 11) is 0. The Morgan fingerprint density at radius 1 is 1.00 bits per heavy atom. The summed E-state index contributed by atoms with van der Waals surface area (Å²) in [4.78, 5) is 0. The van der Waals surface area contributed by atoms with E-state index in [0.29, 0.717) is 10.0 Å². The predicted octanol–water partition coefficient (Wildman–Crippen LogP) is 5.22. The molecule has 19 heavy (non-hydrogen) atoms. The number of aliphatic hydroxyl groups excluding tert-OH is 1. The minimum Gasteiger partial charge on any atom is -0.384 e. The fraction of sp³-hybridized carbons (Fsp3) is 0.0769. The summed E-state index contributed by atoms with van der Waals surface area (Å²) in [5, 5.41) is 9.87. The van der Waals surface area contributed by atoms with Gasteiger partial charge in [0, 0.05) is 20.1 Å². The molecule has 100 valence electrons. The van der Waals surface area contributed by atoms with E-state index in [1.807, 2.05) is 0 Å². The highest BCUT2D eigenvalue weighted by molar-refractivity contribution is 9.11. The Kier molecular flexibility index (Phi) is 4.61. The lowest BCUT2D eigenvalue weighted by Crippen LogP contribution is -2.04. The Bertz CT molecular complexity index is 634. The Balaban J connectivity index is 2.52. The van der Waals surface area contributed by atoms with Crippen LogP contribution in [0.15, 0.2) is 39.3 Å². The van der Waals surface area contributed by atoms with Gasteiger partial charge in [0.15, 0.2) is 0 Å². The lowest BCUT2D eigenvalue weighted by Gasteiger charge is -2.15. The summed E-state index contributed by atoms with van der Waals surface area (Å²) in [5.41, 5.74) is 0.260. The summed E-state index contributed by atoms with van der Waals surface area (Å²) in [6, 6.07) is 6.84. The van der Waals surface area contributed by atoms with Gasteiger partial charge in [-0.05, 0) is 30.3 Å². The number of aliphatic hydroxyl groups is 1. The highest BCUT2D eigenvalue weighted by atomic mass is 79.9. The van der Waals surface area contributed by atoms with Gasteiger partial charge in [-0.15, -0.1) is 0 Å². The first-order chi connectivity index (χ1) is 8.90. The van der Waals surface area contributed by atoms with E-state index in [1.165, 1.54) is 0 Å². The maximum absolute atomic E-state index is 13.8. The van der Waals surface area contributed by atoms with Crippen molar-refractivity contribution in [3.05, 3.63) is 67.1 Å². The van der Waals surface area contributed by atoms with Gasteiger partial charge in [-0.1, -0.05) is 43.5 Å². The molecule has 0 saturated carbocycles. The van der Waals surface area contributed by atoms with Crippen molar-refractivity contribution in [3.8, 4) is 0 Å². The van der Waals surface area contributed by atoms with Crippen molar-refractivity contribution >= 4 is 43.5 Å². The molecule has 2 rings (SSSR count). The molecule has 0 fully saturated rings. The third-order valence-corrected chi connectivity index (χ3v) is 4.09. The zero-order valence-electron chi connectivity index (χ0n) is 9.30. The Morgan fingerprint density at radius 2 is 1.68 bits per heavy atom. The average molecular weight is 412 g/mol. The van der Waals surface area contributed by atoms with Crippen LogP contribution in [0.2, 0.25) is 5.02 Å². The SMILES string of the molecule is OC(c1cc(F)c(Cl)cc1F)c1cc(Br)ccc1Br. The van der Waals surface area contributed by atoms with Crippen LogP contribution in [-0.2, 0) is 0 Å². The van der Waals surface area contributed by atoms with E-state index in [1.54, 1.807) is 18.2 Å². The second-order valence-corrected chi connectivity index (χ2v) is 6.03. The number of benzene rings is 2. The minimum absolute atomic E-state index is 0.166. The van der Waals surface area contributed by atoms with E-state index < -0.39 is 17.7 Å². The first kappa shape index (κ1) is 14.9. The average Bonchev–Trinajstić information content (AvgIpc) is 2.36. The molecule has 1 N–H and O–H groups in total. The maximum Gasteiger partial charge on any atom is 0.142 e. The Hall–Kier alpha value is -0.490. The largest absolute Gasteiger partial charge is 0.384 e. The molecule has 0 saturated heterocycles. The van der Waals surface area contributed by atoms with Gasteiger partial charge in [-0.2, -0.15) is 0 Å². The molecule has 0 heterocycles. The molecule has 6 heteroatoms. The van der Waals surface area contributed by atoms with Crippen LogP contribution >= 0.6 is 43.5 Å². The molecule has 1 atom stereocenters. The lowest BCUT2D eigenvalue weighted by molar-refractivity contribution is 0.213. The van der Waals surface area contributed by atoms with Crippen LogP contribution in [-0.4, -0.2) is 5.11 Å². The third-order valence-electron chi connectivity index (χ3n) is 2.59. The molecule has 0 aliphatic carbocycles. The first-order valence-electron chi connectivity index (χ1n) is 5.17. The van der Waals surface area contributed by atoms with Crippen LogP contribution in [0.25, 0.3) is 0 Å². The first-order valence-corrected chi connectivity index (χ1v) is 7.14. The number of hydrogen-bond acceptors (Lipinski definition) is 1. The number of halogens is 5. The highest BCUT2D eigenvalue weighted by Gasteiger charge is 2.20. The smallest absolute Gasteiger partial charge is 0.142 e. The van der Waals surface area contributed by atoms with Crippen molar-refractivity contribution in [3.63, 3.8) is 0 Å². The third kappa shape index (κ3) is 3.16. The molecule has 0 radical (unpaired) electrons. The van der Waals surface area contributed by atoms with Crippen molar-refractivity contribution in [1.29, 1.82) is 0 Å². The van der Waals surface area contributed by atoms with Crippen LogP contribution in [0, 0.1) is 11.6 Å². The number of hydrogen-bond donors (Lipinski definition) is 1. The lowest BCUT2D eigenvalue weighted by atomic mass is 10.0. The molecule has 2 aromatic rings. The Labute approximate surface area is 130 Å². The summed E-state index contributed by atoms with van der Waals surface area (Å²) in [6.45, 7) is 0. The summed E-state index contributed by atoms with van der Waals surface area (Å²) < 4.78 is 28.5. The van der Waals surface area contributed by atoms with Crippen molar-refractivity contribution < 1.29 is 13.9 Å². The van der Waals surface area contributed by atoms with Crippen LogP contribution in [0.4, 0.5) is 8.78 Å². The molecule has 0 aliphatic rings. The molecular weight excluding hydrogens is 405 g/mol. The molecule has 1 nitrogen and oxygen atoms in total. The zero-order valence-corrected chi connectivity index (χ0v) is 13.2. The fourth-order valence-corrected chi connectivity index (χ4v) is 2.63. The van der Waals surface area contributed by atoms with E-state index >= 15 is 0 Å². The molecule has 1 unspecified atom stereocenters. The molecule has 2 aromatic carbocycles. The zero-order chi connectivity index (χ0) is 14.2. The second kappa shape index (κ2) is 5.87. The predicted molar refractivity (Wildman–Crippen MR) is 77.3 cm³/mol. The molecular formula is C13H7Br2ClF2O. The highest BCUT2D eigenvalue weighted by Crippen LogP contribution is 2.33. The van der Waals surface area contributed by atoms with E-state index in [0.717, 1.165) is 16.6 Å². The van der Waals surface area contributed by atoms with Gasteiger partial charge >= 0.3 is 0 Å². The quantitative estimate of drug-likeness (QED) is 0.670. The van der Waals surface area contributed by atoms with Crippen LogP contribution in [0.3, 0.4) is 0 Å². The van der Waals surface area contributed by atoms with Crippen LogP contribution in [0.5, 0.6) is 0 Å².